The summed E-state index contributed by atoms with van der Waals surface area (Å²) in [4.78, 5) is 32.4. The molecule has 3 heterocycles. The molecule has 1 aliphatic rings. The molecule has 0 aliphatic carbocycles. The van der Waals surface area contributed by atoms with Crippen LogP contribution in [0.5, 0.6) is 0 Å². The van der Waals surface area contributed by atoms with Crippen molar-refractivity contribution in [2.24, 2.45) is 5.92 Å². The molecule has 184 valence electrons. The lowest BCUT2D eigenvalue weighted by Gasteiger charge is -2.28. The number of carbonyl (C=O) groups excluding carboxylic acids is 2. The second-order valence-corrected chi connectivity index (χ2v) is 10.0. The fourth-order valence-electron chi connectivity index (χ4n) is 4.14. The van der Waals surface area contributed by atoms with Crippen LogP contribution < -0.4 is 4.90 Å². The van der Waals surface area contributed by atoms with E-state index in [1.165, 1.54) is 23.5 Å². The van der Waals surface area contributed by atoms with Crippen LogP contribution in [0.1, 0.15) is 29.9 Å². The smallest absolute Gasteiger partial charge is 0.264 e. The van der Waals surface area contributed by atoms with Gasteiger partial charge in [-0.25, -0.2) is 4.39 Å². The second-order valence-electron chi connectivity index (χ2n) is 9.06. The van der Waals surface area contributed by atoms with Crippen LogP contribution in [0.3, 0.4) is 0 Å². The van der Waals surface area contributed by atoms with Gasteiger partial charge in [-0.1, -0.05) is 19.9 Å². The number of benzene rings is 1. The summed E-state index contributed by atoms with van der Waals surface area (Å²) in [6.07, 6.45) is 0.802. The fraction of sp³-hybridized carbons (Fsp3) is 0.385. The number of nitrogens with zero attached hydrogens (tertiary/aromatic N) is 5. The molecule has 0 saturated carbocycles. The molecule has 0 spiro atoms. The Kier molecular flexibility index (Phi) is 8.07. The molecule has 0 N–H and O–H groups in total. The molecular formula is C26H30FN5O2S. The molecule has 0 radical (unpaired) electrons. The van der Waals surface area contributed by atoms with Crippen LogP contribution in [-0.2, 0) is 4.79 Å². The third kappa shape index (κ3) is 6.42. The van der Waals surface area contributed by atoms with E-state index in [1.54, 1.807) is 23.1 Å². The molecule has 1 saturated heterocycles. The standard InChI is InChI=1S/C26H30FN5O2S/c1-19(2)17-32(26(34)23-5-3-16-35-23)18-25(33)31-13-4-12-30(14-15-31)24-11-10-22(28-29-24)20-6-8-21(27)9-7-20/h3,5-11,16,19H,4,12-15,17-18H2,1-2H3. The maximum atomic E-state index is 13.2. The highest BCUT2D eigenvalue weighted by Crippen LogP contribution is 2.20. The topological polar surface area (TPSA) is 69.6 Å². The SMILES string of the molecule is CC(C)CN(CC(=O)N1CCCN(c2ccc(-c3ccc(F)cc3)nn2)CC1)C(=O)c1cccs1. The summed E-state index contributed by atoms with van der Waals surface area (Å²) in [5.41, 5.74) is 1.49. The van der Waals surface area contributed by atoms with Crippen LogP contribution in [0, 0.1) is 11.7 Å². The highest BCUT2D eigenvalue weighted by atomic mass is 32.1. The van der Waals surface area contributed by atoms with Crippen molar-refractivity contribution in [3.8, 4) is 11.3 Å². The van der Waals surface area contributed by atoms with E-state index in [4.69, 9.17) is 0 Å². The van der Waals surface area contributed by atoms with E-state index < -0.39 is 0 Å². The first-order chi connectivity index (χ1) is 16.9. The summed E-state index contributed by atoms with van der Waals surface area (Å²) in [6, 6.07) is 13.6. The number of amides is 2. The normalized spacial score (nSPS) is 14.2. The van der Waals surface area contributed by atoms with Gasteiger partial charge in [-0.2, -0.15) is 0 Å². The number of thiophene rings is 1. The van der Waals surface area contributed by atoms with Gasteiger partial charge in [0.25, 0.3) is 5.91 Å². The van der Waals surface area contributed by atoms with Gasteiger partial charge in [-0.05, 0) is 60.2 Å². The monoisotopic (exact) mass is 495 g/mol. The summed E-state index contributed by atoms with van der Waals surface area (Å²) in [7, 11) is 0. The maximum Gasteiger partial charge on any atom is 0.264 e. The minimum atomic E-state index is -0.287. The Morgan fingerprint density at radius 3 is 2.49 bits per heavy atom. The van der Waals surface area contributed by atoms with E-state index in [9.17, 15) is 14.0 Å². The highest BCUT2D eigenvalue weighted by molar-refractivity contribution is 7.12. The summed E-state index contributed by atoms with van der Waals surface area (Å²) in [6.45, 7) is 7.32. The van der Waals surface area contributed by atoms with Crippen molar-refractivity contribution in [3.05, 3.63) is 64.6 Å². The van der Waals surface area contributed by atoms with Crippen molar-refractivity contribution in [3.63, 3.8) is 0 Å². The number of halogens is 1. The Morgan fingerprint density at radius 2 is 1.83 bits per heavy atom. The molecule has 3 aromatic rings. The number of anilines is 1. The first-order valence-corrected chi connectivity index (χ1v) is 12.7. The quantitative estimate of drug-likeness (QED) is 0.492. The van der Waals surface area contributed by atoms with Gasteiger partial charge in [0.05, 0.1) is 10.6 Å². The summed E-state index contributed by atoms with van der Waals surface area (Å²) in [5.74, 6) is 0.609. The maximum absolute atomic E-state index is 13.2. The Labute approximate surface area is 209 Å². The van der Waals surface area contributed by atoms with E-state index in [-0.39, 0.29) is 30.1 Å². The van der Waals surface area contributed by atoms with Crippen molar-refractivity contribution in [1.82, 2.24) is 20.0 Å². The largest absolute Gasteiger partial charge is 0.353 e. The van der Waals surface area contributed by atoms with Crippen LogP contribution in [0.2, 0.25) is 0 Å². The van der Waals surface area contributed by atoms with Gasteiger partial charge in [0, 0.05) is 38.3 Å². The molecule has 4 rings (SSSR count). The van der Waals surface area contributed by atoms with Crippen LogP contribution in [0.15, 0.2) is 53.9 Å². The first-order valence-electron chi connectivity index (χ1n) is 11.9. The van der Waals surface area contributed by atoms with Crippen molar-refractivity contribution >= 4 is 29.0 Å². The predicted molar refractivity (Wildman–Crippen MR) is 136 cm³/mol. The van der Waals surface area contributed by atoms with Crippen LogP contribution in [-0.4, -0.2) is 71.1 Å². The van der Waals surface area contributed by atoms with E-state index in [0.717, 1.165) is 24.3 Å². The molecule has 1 aromatic carbocycles. The molecule has 2 aromatic heterocycles. The van der Waals surface area contributed by atoms with Gasteiger partial charge in [-0.15, -0.1) is 21.5 Å². The van der Waals surface area contributed by atoms with Crippen molar-refractivity contribution in [1.29, 1.82) is 0 Å². The van der Waals surface area contributed by atoms with Crippen LogP contribution >= 0.6 is 11.3 Å². The zero-order chi connectivity index (χ0) is 24.8. The van der Waals surface area contributed by atoms with Crippen LogP contribution in [0.25, 0.3) is 11.3 Å². The van der Waals surface area contributed by atoms with Gasteiger partial charge >= 0.3 is 0 Å². The Hall–Kier alpha value is -3.33. The third-order valence-corrected chi connectivity index (χ3v) is 6.75. The lowest BCUT2D eigenvalue weighted by atomic mass is 10.1. The molecular weight excluding hydrogens is 465 g/mol. The van der Waals surface area contributed by atoms with Crippen molar-refractivity contribution < 1.29 is 14.0 Å². The molecule has 0 bridgehead atoms. The average molecular weight is 496 g/mol. The first kappa shape index (κ1) is 24.8. The summed E-state index contributed by atoms with van der Waals surface area (Å²) < 4.78 is 13.2. The van der Waals surface area contributed by atoms with Gasteiger partial charge in [0.2, 0.25) is 5.91 Å². The summed E-state index contributed by atoms with van der Waals surface area (Å²) >= 11 is 1.40. The lowest BCUT2D eigenvalue weighted by Crippen LogP contribution is -2.45. The molecule has 1 aliphatic heterocycles. The van der Waals surface area contributed by atoms with Crippen molar-refractivity contribution in [2.75, 3.05) is 44.2 Å². The van der Waals surface area contributed by atoms with Gasteiger partial charge < -0.3 is 14.7 Å². The Bertz CT molecular complexity index is 1120. The molecule has 2 amide bonds. The average Bonchev–Trinajstić information content (AvgIpc) is 3.28. The van der Waals surface area contributed by atoms with E-state index in [2.05, 4.69) is 15.1 Å². The molecule has 0 unspecified atom stereocenters. The fourth-order valence-corrected chi connectivity index (χ4v) is 4.83. The van der Waals surface area contributed by atoms with Gasteiger partial charge in [-0.3, -0.25) is 9.59 Å². The van der Waals surface area contributed by atoms with E-state index >= 15 is 0 Å². The minimum Gasteiger partial charge on any atom is -0.353 e. The molecule has 7 nitrogen and oxygen atoms in total. The number of hydrogen-bond acceptors (Lipinski definition) is 6. The van der Waals surface area contributed by atoms with Crippen LogP contribution in [0.4, 0.5) is 10.2 Å². The molecule has 35 heavy (non-hydrogen) atoms. The number of rotatable bonds is 7. The van der Waals surface area contributed by atoms with E-state index in [0.29, 0.717) is 36.8 Å². The zero-order valence-electron chi connectivity index (χ0n) is 20.1. The molecule has 1 fully saturated rings. The Morgan fingerprint density at radius 1 is 1.03 bits per heavy atom. The van der Waals surface area contributed by atoms with Crippen molar-refractivity contribution in [2.45, 2.75) is 20.3 Å². The second kappa shape index (κ2) is 11.4. The molecule has 0 atom stereocenters. The van der Waals surface area contributed by atoms with Gasteiger partial charge in [0.1, 0.15) is 12.4 Å². The zero-order valence-corrected chi connectivity index (χ0v) is 20.9. The lowest BCUT2D eigenvalue weighted by molar-refractivity contribution is -0.131. The molecule has 9 heteroatoms. The number of aromatic nitrogens is 2. The summed E-state index contributed by atoms with van der Waals surface area (Å²) in [5, 5.41) is 10.6. The predicted octanol–water partition coefficient (Wildman–Crippen LogP) is 4.18. The number of carbonyl (C=O) groups is 2. The highest BCUT2D eigenvalue weighted by Gasteiger charge is 2.25. The Balaban J connectivity index is 1.37. The van der Waals surface area contributed by atoms with Gasteiger partial charge in [0.15, 0.2) is 5.82 Å². The van der Waals surface area contributed by atoms with E-state index in [1.807, 2.05) is 42.3 Å². The third-order valence-electron chi connectivity index (χ3n) is 5.89. The minimum absolute atomic E-state index is 0.0323. The number of hydrogen-bond donors (Lipinski definition) is 0.